The zero-order chi connectivity index (χ0) is 17.1. The van der Waals surface area contributed by atoms with Crippen LogP contribution >= 0.6 is 11.3 Å². The lowest BCUT2D eigenvalue weighted by Gasteiger charge is -2.16. The first-order chi connectivity index (χ1) is 12.3. The largest absolute Gasteiger partial charge is 0.348 e. The molecule has 0 radical (unpaired) electrons. The molecule has 126 valence electrons. The summed E-state index contributed by atoms with van der Waals surface area (Å²) in [7, 11) is 0. The first-order valence-electron chi connectivity index (χ1n) is 8.67. The third-order valence-electron chi connectivity index (χ3n) is 4.71. The average molecular weight is 348 g/mol. The molecule has 3 nitrogen and oxygen atoms in total. The van der Waals surface area contributed by atoms with Crippen molar-refractivity contribution in [1.29, 1.82) is 0 Å². The van der Waals surface area contributed by atoms with Gasteiger partial charge in [0.25, 0.3) is 5.91 Å². The number of hydrogen-bond acceptors (Lipinski definition) is 3. The summed E-state index contributed by atoms with van der Waals surface area (Å²) >= 11 is 1.66. The van der Waals surface area contributed by atoms with Crippen molar-refractivity contribution >= 4 is 17.2 Å². The van der Waals surface area contributed by atoms with Crippen LogP contribution in [0.25, 0.3) is 11.3 Å². The molecule has 0 aliphatic heterocycles. The molecule has 25 heavy (non-hydrogen) atoms. The van der Waals surface area contributed by atoms with Gasteiger partial charge < -0.3 is 5.32 Å². The predicted octanol–water partition coefficient (Wildman–Crippen LogP) is 4.62. The minimum absolute atomic E-state index is 0.0118. The zero-order valence-corrected chi connectivity index (χ0v) is 14.8. The Kier molecular flexibility index (Phi) is 4.61. The summed E-state index contributed by atoms with van der Waals surface area (Å²) in [5.41, 5.74) is 6.62. The molecule has 1 N–H and O–H groups in total. The van der Waals surface area contributed by atoms with Crippen LogP contribution in [0.1, 0.15) is 39.9 Å². The van der Waals surface area contributed by atoms with E-state index >= 15 is 0 Å². The summed E-state index contributed by atoms with van der Waals surface area (Å²) in [5, 5.41) is 7.15. The fourth-order valence-corrected chi connectivity index (χ4v) is 3.96. The number of thiophene rings is 1. The number of carbonyl (C=O) groups excluding carboxylic acids is 1. The van der Waals surface area contributed by atoms with Gasteiger partial charge in [-0.1, -0.05) is 6.07 Å². The summed E-state index contributed by atoms with van der Waals surface area (Å²) in [6, 6.07) is 12.2. The van der Waals surface area contributed by atoms with Gasteiger partial charge in [-0.3, -0.25) is 9.78 Å². The Morgan fingerprint density at radius 1 is 1.08 bits per heavy atom. The number of nitrogens with one attached hydrogen (secondary N) is 1. The Morgan fingerprint density at radius 2 is 1.96 bits per heavy atom. The third kappa shape index (κ3) is 3.64. The Hall–Kier alpha value is -2.46. The Balaban J connectivity index is 1.44. The van der Waals surface area contributed by atoms with Crippen molar-refractivity contribution in [1.82, 2.24) is 10.3 Å². The normalized spacial score (nSPS) is 13.3. The molecule has 0 saturated heterocycles. The van der Waals surface area contributed by atoms with E-state index in [1.165, 1.54) is 24.0 Å². The second-order valence-corrected chi connectivity index (χ2v) is 7.21. The highest BCUT2D eigenvalue weighted by Crippen LogP contribution is 2.23. The van der Waals surface area contributed by atoms with E-state index in [-0.39, 0.29) is 5.91 Å². The molecule has 0 spiro atoms. The maximum Gasteiger partial charge on any atom is 0.251 e. The molecule has 2 heterocycles. The van der Waals surface area contributed by atoms with Crippen molar-refractivity contribution in [3.05, 3.63) is 75.6 Å². The van der Waals surface area contributed by atoms with Crippen molar-refractivity contribution in [2.45, 2.75) is 32.2 Å². The van der Waals surface area contributed by atoms with Crippen LogP contribution in [0.2, 0.25) is 0 Å². The van der Waals surface area contributed by atoms with Crippen LogP contribution in [-0.2, 0) is 19.4 Å². The first-order valence-corrected chi connectivity index (χ1v) is 9.61. The van der Waals surface area contributed by atoms with Crippen molar-refractivity contribution < 1.29 is 4.79 Å². The highest BCUT2D eigenvalue weighted by Gasteiger charge is 2.13. The molecule has 4 heteroatoms. The van der Waals surface area contributed by atoms with E-state index in [1.54, 1.807) is 17.5 Å². The van der Waals surface area contributed by atoms with Crippen molar-refractivity contribution in [3.8, 4) is 11.3 Å². The van der Waals surface area contributed by atoms with Gasteiger partial charge in [0.05, 0.1) is 5.69 Å². The molecule has 1 aromatic carbocycles. The van der Waals surface area contributed by atoms with Gasteiger partial charge in [-0.05, 0) is 78.1 Å². The van der Waals surface area contributed by atoms with Gasteiger partial charge >= 0.3 is 0 Å². The Labute approximate surface area is 151 Å². The first kappa shape index (κ1) is 16.0. The monoisotopic (exact) mass is 348 g/mol. The Bertz CT molecular complexity index is 887. The number of pyridine rings is 1. The van der Waals surface area contributed by atoms with Gasteiger partial charge in [0.2, 0.25) is 0 Å². The lowest BCUT2D eigenvalue weighted by Crippen LogP contribution is -2.23. The number of rotatable bonds is 4. The number of aromatic nitrogens is 1. The van der Waals surface area contributed by atoms with Crippen molar-refractivity contribution in [2.75, 3.05) is 0 Å². The fraction of sp³-hybridized carbons (Fsp3) is 0.238. The summed E-state index contributed by atoms with van der Waals surface area (Å²) in [5.74, 6) is -0.0118. The maximum atomic E-state index is 12.5. The smallest absolute Gasteiger partial charge is 0.251 e. The van der Waals surface area contributed by atoms with E-state index in [0.29, 0.717) is 6.54 Å². The van der Waals surface area contributed by atoms with Gasteiger partial charge in [0, 0.05) is 29.2 Å². The topological polar surface area (TPSA) is 42.0 Å². The molecule has 4 rings (SSSR count). The number of nitrogens with zero attached hydrogens (tertiary/aromatic N) is 1. The highest BCUT2D eigenvalue weighted by atomic mass is 32.1. The Morgan fingerprint density at radius 3 is 2.80 bits per heavy atom. The third-order valence-corrected chi connectivity index (χ3v) is 5.39. The lowest BCUT2D eigenvalue weighted by molar-refractivity contribution is 0.0950. The number of aryl methyl sites for hydroxylation is 2. The van der Waals surface area contributed by atoms with Gasteiger partial charge in [-0.25, -0.2) is 0 Å². The molecule has 0 atom stereocenters. The SMILES string of the molecule is O=C(NCc1ccnc(-c2ccsc2)c1)c1ccc2c(c1)CCCC2. The number of benzene rings is 1. The van der Waals surface area contributed by atoms with E-state index in [0.717, 1.165) is 35.2 Å². The van der Waals surface area contributed by atoms with Crippen molar-refractivity contribution in [2.24, 2.45) is 0 Å². The lowest BCUT2D eigenvalue weighted by atomic mass is 9.90. The van der Waals surface area contributed by atoms with E-state index in [4.69, 9.17) is 0 Å². The van der Waals surface area contributed by atoms with Crippen LogP contribution in [0.15, 0.2) is 53.4 Å². The second kappa shape index (κ2) is 7.19. The molecule has 0 bridgehead atoms. The number of fused-ring (bicyclic) bond motifs is 1. The van der Waals surface area contributed by atoms with Crippen LogP contribution in [0.4, 0.5) is 0 Å². The summed E-state index contributed by atoms with van der Waals surface area (Å²) < 4.78 is 0. The molecule has 3 aromatic rings. The quantitative estimate of drug-likeness (QED) is 0.747. The van der Waals surface area contributed by atoms with E-state index in [1.807, 2.05) is 23.6 Å². The van der Waals surface area contributed by atoms with E-state index < -0.39 is 0 Å². The molecule has 2 aromatic heterocycles. The summed E-state index contributed by atoms with van der Waals surface area (Å²) in [4.78, 5) is 16.9. The van der Waals surface area contributed by atoms with Gasteiger partial charge in [0.15, 0.2) is 0 Å². The predicted molar refractivity (Wildman–Crippen MR) is 102 cm³/mol. The van der Waals surface area contributed by atoms with Crippen LogP contribution in [-0.4, -0.2) is 10.9 Å². The molecule has 1 aliphatic carbocycles. The summed E-state index contributed by atoms with van der Waals surface area (Å²) in [6.45, 7) is 0.509. The van der Waals surface area contributed by atoms with E-state index in [2.05, 4.69) is 33.9 Å². The number of amides is 1. The minimum Gasteiger partial charge on any atom is -0.348 e. The molecule has 0 unspecified atom stereocenters. The molecule has 1 amide bonds. The molecular formula is C21H20N2OS. The van der Waals surface area contributed by atoms with Gasteiger partial charge in [0.1, 0.15) is 0 Å². The number of hydrogen-bond donors (Lipinski definition) is 1. The van der Waals surface area contributed by atoms with Crippen molar-refractivity contribution in [3.63, 3.8) is 0 Å². The zero-order valence-electron chi connectivity index (χ0n) is 14.0. The highest BCUT2D eigenvalue weighted by molar-refractivity contribution is 7.08. The number of carbonyl (C=O) groups is 1. The van der Waals surface area contributed by atoms with Crippen LogP contribution in [0, 0.1) is 0 Å². The molecule has 1 aliphatic rings. The average Bonchev–Trinajstić information content (AvgIpc) is 3.21. The maximum absolute atomic E-state index is 12.5. The summed E-state index contributed by atoms with van der Waals surface area (Å²) in [6.07, 6.45) is 6.51. The van der Waals surface area contributed by atoms with Crippen LogP contribution in [0.3, 0.4) is 0 Å². The molecular weight excluding hydrogens is 328 g/mol. The van der Waals surface area contributed by atoms with Crippen LogP contribution < -0.4 is 5.32 Å². The van der Waals surface area contributed by atoms with Crippen LogP contribution in [0.5, 0.6) is 0 Å². The standard InChI is InChI=1S/C21H20N2OS/c24-21(18-6-5-16-3-1-2-4-17(16)12-18)23-13-15-7-9-22-20(11-15)19-8-10-25-14-19/h5-12,14H,1-4,13H2,(H,23,24). The second-order valence-electron chi connectivity index (χ2n) is 6.43. The molecule has 0 saturated carbocycles. The molecule has 0 fully saturated rings. The van der Waals surface area contributed by atoms with Gasteiger partial charge in [-0.15, -0.1) is 0 Å². The van der Waals surface area contributed by atoms with Gasteiger partial charge in [-0.2, -0.15) is 11.3 Å². The fourth-order valence-electron chi connectivity index (χ4n) is 3.31. The minimum atomic E-state index is -0.0118. The van der Waals surface area contributed by atoms with E-state index in [9.17, 15) is 4.79 Å².